The van der Waals surface area contributed by atoms with Crippen LogP contribution in [0.2, 0.25) is 0 Å². The zero-order chi connectivity index (χ0) is 20.5. The van der Waals surface area contributed by atoms with Gasteiger partial charge in [0, 0.05) is 17.2 Å². The zero-order valence-electron chi connectivity index (χ0n) is 16.1. The molecule has 0 saturated heterocycles. The summed E-state index contributed by atoms with van der Waals surface area (Å²) in [5.74, 6) is -0.0234. The molecular weight excluding hydrogens is 362 g/mol. The number of benzene rings is 2. The highest BCUT2D eigenvalue weighted by Crippen LogP contribution is 2.38. The van der Waals surface area contributed by atoms with Crippen molar-refractivity contribution in [1.29, 1.82) is 0 Å². The van der Waals surface area contributed by atoms with E-state index in [4.69, 9.17) is 9.47 Å². The number of amides is 1. The van der Waals surface area contributed by atoms with Crippen LogP contribution < -0.4 is 14.9 Å². The van der Waals surface area contributed by atoms with Crippen molar-refractivity contribution in [2.24, 2.45) is 5.10 Å². The van der Waals surface area contributed by atoms with Crippen molar-refractivity contribution in [1.82, 2.24) is 5.43 Å². The standard InChI is InChI=1S/C20H23N3O5/c1-4-10-28-19-17(23(25)26)11-15(12-18(19)27-5-2)13-21-22-20(24)16-8-6-14(3)7-9-16/h6-9,11-13H,4-5,10H2,1-3H3,(H,22,24)/b21-13-. The molecule has 1 N–H and O–H groups in total. The molecule has 0 aromatic heterocycles. The highest BCUT2D eigenvalue weighted by molar-refractivity contribution is 5.95. The van der Waals surface area contributed by atoms with E-state index in [0.29, 0.717) is 30.8 Å². The van der Waals surface area contributed by atoms with E-state index < -0.39 is 4.92 Å². The van der Waals surface area contributed by atoms with Crippen LogP contribution in [0.1, 0.15) is 41.8 Å². The molecule has 148 valence electrons. The van der Waals surface area contributed by atoms with Crippen LogP contribution in [0.5, 0.6) is 11.5 Å². The fourth-order valence-electron chi connectivity index (χ4n) is 2.37. The van der Waals surface area contributed by atoms with E-state index in [1.165, 1.54) is 12.3 Å². The molecule has 1 amide bonds. The number of aryl methyl sites for hydroxylation is 1. The maximum atomic E-state index is 12.1. The second-order valence-corrected chi connectivity index (χ2v) is 5.97. The van der Waals surface area contributed by atoms with Crippen molar-refractivity contribution in [2.45, 2.75) is 27.2 Å². The second-order valence-electron chi connectivity index (χ2n) is 5.97. The van der Waals surface area contributed by atoms with Crippen LogP contribution in [0.3, 0.4) is 0 Å². The molecule has 0 saturated carbocycles. The minimum absolute atomic E-state index is 0.0922. The van der Waals surface area contributed by atoms with Gasteiger partial charge < -0.3 is 9.47 Å². The minimum atomic E-state index is -0.532. The number of hydrogen-bond donors (Lipinski definition) is 1. The predicted molar refractivity (Wildman–Crippen MR) is 106 cm³/mol. The maximum Gasteiger partial charge on any atom is 0.315 e. The SMILES string of the molecule is CCCOc1c(OCC)cc(/C=N\NC(=O)c2ccc(C)cc2)cc1[N+](=O)[O-]. The maximum absolute atomic E-state index is 12.1. The van der Waals surface area contributed by atoms with E-state index in [1.54, 1.807) is 25.1 Å². The van der Waals surface area contributed by atoms with Crippen molar-refractivity contribution in [3.63, 3.8) is 0 Å². The molecule has 8 nitrogen and oxygen atoms in total. The van der Waals surface area contributed by atoms with Gasteiger partial charge in [-0.1, -0.05) is 24.6 Å². The third kappa shape index (κ3) is 5.54. The van der Waals surface area contributed by atoms with Crippen LogP contribution in [-0.4, -0.2) is 30.3 Å². The first-order valence-corrected chi connectivity index (χ1v) is 8.94. The molecule has 2 aromatic carbocycles. The Balaban J connectivity index is 2.24. The molecule has 2 aromatic rings. The largest absolute Gasteiger partial charge is 0.490 e. The minimum Gasteiger partial charge on any atom is -0.490 e. The first-order chi connectivity index (χ1) is 13.5. The van der Waals surface area contributed by atoms with E-state index in [-0.39, 0.29) is 23.1 Å². The molecular formula is C20H23N3O5. The Bertz CT molecular complexity index is 863. The lowest BCUT2D eigenvalue weighted by atomic mass is 10.1. The summed E-state index contributed by atoms with van der Waals surface area (Å²) in [5, 5.41) is 15.3. The molecule has 8 heteroatoms. The monoisotopic (exact) mass is 385 g/mol. The van der Waals surface area contributed by atoms with Crippen LogP contribution in [0.25, 0.3) is 0 Å². The summed E-state index contributed by atoms with van der Waals surface area (Å²) < 4.78 is 11.0. The first kappa shape index (κ1) is 20.9. The summed E-state index contributed by atoms with van der Waals surface area (Å²) in [7, 11) is 0. The van der Waals surface area contributed by atoms with Crippen molar-refractivity contribution >= 4 is 17.8 Å². The van der Waals surface area contributed by atoms with Gasteiger partial charge in [-0.25, -0.2) is 5.43 Å². The fourth-order valence-corrected chi connectivity index (χ4v) is 2.37. The number of hydrogen-bond acceptors (Lipinski definition) is 6. The lowest BCUT2D eigenvalue weighted by Crippen LogP contribution is -2.17. The molecule has 0 atom stereocenters. The molecule has 0 unspecified atom stereocenters. The van der Waals surface area contributed by atoms with E-state index in [0.717, 1.165) is 5.56 Å². The number of nitrogens with one attached hydrogen (secondary N) is 1. The first-order valence-electron chi connectivity index (χ1n) is 8.94. The van der Waals surface area contributed by atoms with E-state index in [9.17, 15) is 14.9 Å². The van der Waals surface area contributed by atoms with Gasteiger partial charge in [0.25, 0.3) is 5.91 Å². The predicted octanol–water partition coefficient (Wildman–Crippen LogP) is 3.85. The topological polar surface area (TPSA) is 103 Å². The fraction of sp³-hybridized carbons (Fsp3) is 0.300. The van der Waals surface area contributed by atoms with Crippen LogP contribution in [0, 0.1) is 17.0 Å². The van der Waals surface area contributed by atoms with Gasteiger partial charge >= 0.3 is 5.69 Å². The van der Waals surface area contributed by atoms with Crippen molar-refractivity contribution < 1.29 is 19.2 Å². The zero-order valence-corrected chi connectivity index (χ0v) is 16.1. The van der Waals surface area contributed by atoms with Gasteiger partial charge in [0.15, 0.2) is 5.75 Å². The van der Waals surface area contributed by atoms with Gasteiger partial charge in [-0.2, -0.15) is 5.10 Å². The number of ether oxygens (including phenoxy) is 2. The highest BCUT2D eigenvalue weighted by Gasteiger charge is 2.22. The Hall–Kier alpha value is -3.42. The summed E-state index contributed by atoms with van der Waals surface area (Å²) >= 11 is 0. The van der Waals surface area contributed by atoms with Gasteiger partial charge in [0.2, 0.25) is 5.75 Å². The third-order valence-corrected chi connectivity index (χ3v) is 3.70. The number of carbonyl (C=O) groups is 1. The Kier molecular flexibility index (Phi) is 7.50. The second kappa shape index (κ2) is 10.1. The Morgan fingerprint density at radius 3 is 2.54 bits per heavy atom. The summed E-state index contributed by atoms with van der Waals surface area (Å²) in [5.41, 5.74) is 4.10. The van der Waals surface area contributed by atoms with Crippen molar-refractivity contribution in [3.05, 3.63) is 63.2 Å². The summed E-state index contributed by atoms with van der Waals surface area (Å²) in [4.78, 5) is 23.0. The van der Waals surface area contributed by atoms with E-state index in [2.05, 4.69) is 10.5 Å². The Morgan fingerprint density at radius 1 is 1.21 bits per heavy atom. The highest BCUT2D eigenvalue weighted by atomic mass is 16.6. The normalized spacial score (nSPS) is 10.7. The van der Waals surface area contributed by atoms with Gasteiger partial charge in [-0.15, -0.1) is 0 Å². The molecule has 2 rings (SSSR count). The molecule has 0 bridgehead atoms. The number of carbonyl (C=O) groups excluding carboxylic acids is 1. The van der Waals surface area contributed by atoms with Gasteiger partial charge in [-0.05, 0) is 38.5 Å². The Labute approximate surface area is 163 Å². The average Bonchev–Trinajstić information content (AvgIpc) is 2.67. The van der Waals surface area contributed by atoms with Gasteiger partial charge in [-0.3, -0.25) is 14.9 Å². The molecule has 0 aliphatic rings. The molecule has 28 heavy (non-hydrogen) atoms. The van der Waals surface area contributed by atoms with Gasteiger partial charge in [0.1, 0.15) is 0 Å². The van der Waals surface area contributed by atoms with Crippen molar-refractivity contribution in [3.8, 4) is 11.5 Å². The van der Waals surface area contributed by atoms with Crippen LogP contribution in [0.15, 0.2) is 41.5 Å². The number of nitro benzene ring substituents is 1. The summed E-state index contributed by atoms with van der Waals surface area (Å²) in [6.07, 6.45) is 2.03. The van der Waals surface area contributed by atoms with Crippen LogP contribution >= 0.6 is 0 Å². The average molecular weight is 385 g/mol. The molecule has 0 aliphatic carbocycles. The van der Waals surface area contributed by atoms with E-state index in [1.807, 2.05) is 26.0 Å². The number of nitrogens with zero attached hydrogens (tertiary/aromatic N) is 2. The molecule has 0 radical (unpaired) electrons. The van der Waals surface area contributed by atoms with Gasteiger partial charge in [0.05, 0.1) is 24.4 Å². The molecule has 0 aliphatic heterocycles. The summed E-state index contributed by atoms with van der Waals surface area (Å²) in [6, 6.07) is 9.95. The lowest BCUT2D eigenvalue weighted by Gasteiger charge is -2.12. The smallest absolute Gasteiger partial charge is 0.315 e. The lowest BCUT2D eigenvalue weighted by molar-refractivity contribution is -0.386. The van der Waals surface area contributed by atoms with E-state index >= 15 is 0 Å². The quantitative estimate of drug-likeness (QED) is 0.401. The third-order valence-electron chi connectivity index (χ3n) is 3.70. The van der Waals surface area contributed by atoms with Crippen molar-refractivity contribution in [2.75, 3.05) is 13.2 Å². The molecule has 0 fully saturated rings. The molecule has 0 heterocycles. The van der Waals surface area contributed by atoms with Crippen LogP contribution in [-0.2, 0) is 0 Å². The van der Waals surface area contributed by atoms with Crippen LogP contribution in [0.4, 0.5) is 5.69 Å². The summed E-state index contributed by atoms with van der Waals surface area (Å²) in [6.45, 7) is 6.27. The number of hydrazone groups is 1. The Morgan fingerprint density at radius 2 is 1.93 bits per heavy atom. The number of nitro groups is 1. The number of rotatable bonds is 9. The molecule has 0 spiro atoms.